The van der Waals surface area contributed by atoms with E-state index in [1.807, 2.05) is 35.2 Å². The molecule has 1 aliphatic carbocycles. The molecule has 0 spiro atoms. The van der Waals surface area contributed by atoms with E-state index in [4.69, 9.17) is 4.74 Å². The van der Waals surface area contributed by atoms with Crippen molar-refractivity contribution >= 4 is 51.3 Å². The summed E-state index contributed by atoms with van der Waals surface area (Å²) in [7, 11) is 1.64. The van der Waals surface area contributed by atoms with Gasteiger partial charge in [-0.05, 0) is 77.5 Å². The van der Waals surface area contributed by atoms with Crippen LogP contribution in [0.15, 0.2) is 57.9 Å². The summed E-state index contributed by atoms with van der Waals surface area (Å²) in [4.78, 5) is 31.6. The number of unbranched alkanes of at least 4 members (excludes halogenated alkanes) is 1. The maximum absolute atomic E-state index is 13.6. The third-order valence-corrected chi connectivity index (χ3v) is 9.45. The summed E-state index contributed by atoms with van der Waals surface area (Å²) in [5.41, 5.74) is 2.16. The van der Waals surface area contributed by atoms with Gasteiger partial charge in [0.15, 0.2) is 0 Å². The number of benzene rings is 2. The SMILES string of the molecule is CCCCN(CCCNC(=O)CN1C(=O)/C(=C\c2ccc(OC)c(Br)c2)SC2CCCCC21)c1ccccc1. The molecule has 0 bridgehead atoms. The minimum atomic E-state index is -0.0778. The van der Waals surface area contributed by atoms with E-state index in [0.29, 0.717) is 16.7 Å². The molecule has 6 nitrogen and oxygen atoms in total. The van der Waals surface area contributed by atoms with Crippen LogP contribution in [-0.4, -0.2) is 61.3 Å². The van der Waals surface area contributed by atoms with Gasteiger partial charge in [0.25, 0.3) is 5.91 Å². The zero-order valence-electron chi connectivity index (χ0n) is 23.0. The Morgan fingerprint density at radius 1 is 1.15 bits per heavy atom. The fourth-order valence-corrected chi connectivity index (χ4v) is 7.38. The number of anilines is 1. The molecular formula is C31H40BrN3O3S. The molecular weight excluding hydrogens is 574 g/mol. The molecule has 1 saturated carbocycles. The van der Waals surface area contributed by atoms with E-state index in [0.717, 1.165) is 67.4 Å². The Labute approximate surface area is 245 Å². The first-order valence-corrected chi connectivity index (χ1v) is 15.8. The number of thioether (sulfide) groups is 1. The zero-order chi connectivity index (χ0) is 27.6. The lowest BCUT2D eigenvalue weighted by atomic mass is 9.93. The fraction of sp³-hybridized carbons (Fsp3) is 0.484. The van der Waals surface area contributed by atoms with Crippen LogP contribution in [0.1, 0.15) is 57.4 Å². The number of carbonyl (C=O) groups is 2. The highest BCUT2D eigenvalue weighted by Gasteiger charge is 2.41. The largest absolute Gasteiger partial charge is 0.496 e. The van der Waals surface area contributed by atoms with Crippen LogP contribution >= 0.6 is 27.7 Å². The minimum absolute atomic E-state index is 0.0416. The first kappa shape index (κ1) is 29.5. The number of nitrogens with one attached hydrogen (secondary N) is 1. The molecule has 1 aliphatic heterocycles. The molecule has 2 amide bonds. The van der Waals surface area contributed by atoms with Gasteiger partial charge < -0.3 is 19.9 Å². The van der Waals surface area contributed by atoms with Crippen molar-refractivity contribution < 1.29 is 14.3 Å². The van der Waals surface area contributed by atoms with Gasteiger partial charge in [0.05, 0.1) is 16.5 Å². The van der Waals surface area contributed by atoms with Gasteiger partial charge in [-0.3, -0.25) is 9.59 Å². The molecule has 2 aromatic rings. The lowest BCUT2D eigenvalue weighted by Crippen LogP contribution is -2.54. The molecule has 2 aromatic carbocycles. The van der Waals surface area contributed by atoms with Gasteiger partial charge in [-0.25, -0.2) is 0 Å². The van der Waals surface area contributed by atoms with Gasteiger partial charge >= 0.3 is 0 Å². The van der Waals surface area contributed by atoms with Crippen LogP contribution in [0.2, 0.25) is 0 Å². The number of rotatable bonds is 12. The Bertz CT molecular complexity index is 1140. The van der Waals surface area contributed by atoms with Crippen molar-refractivity contribution in [2.75, 3.05) is 38.2 Å². The first-order chi connectivity index (χ1) is 19.0. The van der Waals surface area contributed by atoms with E-state index in [-0.39, 0.29) is 24.4 Å². The van der Waals surface area contributed by atoms with Crippen LogP contribution in [0.3, 0.4) is 0 Å². The molecule has 0 aromatic heterocycles. The van der Waals surface area contributed by atoms with Crippen molar-refractivity contribution in [1.29, 1.82) is 0 Å². The average molecular weight is 615 g/mol. The Morgan fingerprint density at radius 2 is 1.92 bits per heavy atom. The summed E-state index contributed by atoms with van der Waals surface area (Å²) < 4.78 is 6.19. The molecule has 1 N–H and O–H groups in total. The van der Waals surface area contributed by atoms with E-state index in [1.54, 1.807) is 18.9 Å². The zero-order valence-corrected chi connectivity index (χ0v) is 25.4. The predicted octanol–water partition coefficient (Wildman–Crippen LogP) is 6.50. The van der Waals surface area contributed by atoms with E-state index in [9.17, 15) is 9.59 Å². The van der Waals surface area contributed by atoms with Crippen LogP contribution in [0, 0.1) is 0 Å². The van der Waals surface area contributed by atoms with Crippen molar-refractivity contribution in [2.45, 2.75) is 63.2 Å². The van der Waals surface area contributed by atoms with E-state index >= 15 is 0 Å². The molecule has 2 fully saturated rings. The lowest BCUT2D eigenvalue weighted by molar-refractivity contribution is -0.135. The van der Waals surface area contributed by atoms with Crippen molar-refractivity contribution in [3.63, 3.8) is 0 Å². The average Bonchev–Trinajstić information content (AvgIpc) is 2.95. The molecule has 39 heavy (non-hydrogen) atoms. The molecule has 8 heteroatoms. The van der Waals surface area contributed by atoms with Crippen LogP contribution in [0.4, 0.5) is 5.69 Å². The van der Waals surface area contributed by atoms with Crippen LogP contribution in [0.25, 0.3) is 6.08 Å². The number of methoxy groups -OCH3 is 1. The molecule has 0 radical (unpaired) electrons. The van der Waals surface area contributed by atoms with Gasteiger partial charge in [-0.2, -0.15) is 0 Å². The highest BCUT2D eigenvalue weighted by molar-refractivity contribution is 9.10. The van der Waals surface area contributed by atoms with Gasteiger partial charge in [-0.15, -0.1) is 11.8 Å². The maximum Gasteiger partial charge on any atom is 0.261 e. The second kappa shape index (κ2) is 14.8. The molecule has 4 rings (SSSR count). The maximum atomic E-state index is 13.6. The van der Waals surface area contributed by atoms with Gasteiger partial charge in [-0.1, -0.05) is 50.5 Å². The number of nitrogens with zero attached hydrogens (tertiary/aromatic N) is 2. The number of fused-ring (bicyclic) bond motifs is 1. The molecule has 2 unspecified atom stereocenters. The van der Waals surface area contributed by atoms with Crippen LogP contribution in [-0.2, 0) is 9.59 Å². The number of amides is 2. The van der Waals surface area contributed by atoms with Crippen LogP contribution < -0.4 is 15.0 Å². The van der Waals surface area contributed by atoms with E-state index < -0.39 is 0 Å². The summed E-state index contributed by atoms with van der Waals surface area (Å²) in [6, 6.07) is 16.4. The topological polar surface area (TPSA) is 61.9 Å². The predicted molar refractivity (Wildman–Crippen MR) is 165 cm³/mol. The summed E-state index contributed by atoms with van der Waals surface area (Å²) in [6.07, 6.45) is 9.39. The number of hydrogen-bond donors (Lipinski definition) is 1. The van der Waals surface area contributed by atoms with Crippen molar-refractivity contribution in [3.05, 3.63) is 63.5 Å². The fourth-order valence-electron chi connectivity index (χ4n) is 5.35. The molecule has 1 heterocycles. The number of para-hydroxylation sites is 1. The van der Waals surface area contributed by atoms with Gasteiger partial charge in [0, 0.05) is 36.6 Å². The minimum Gasteiger partial charge on any atom is -0.496 e. The summed E-state index contributed by atoms with van der Waals surface area (Å²) >= 11 is 5.22. The van der Waals surface area contributed by atoms with E-state index in [1.165, 1.54) is 12.1 Å². The monoisotopic (exact) mass is 613 g/mol. The van der Waals surface area contributed by atoms with Gasteiger partial charge in [0.2, 0.25) is 5.91 Å². The number of ether oxygens (including phenoxy) is 1. The second-order valence-corrected chi connectivity index (χ2v) is 12.4. The highest BCUT2D eigenvalue weighted by atomic mass is 79.9. The molecule has 2 aliphatic rings. The number of carbonyl (C=O) groups excluding carboxylic acids is 2. The molecule has 1 saturated heterocycles. The summed E-state index contributed by atoms with van der Waals surface area (Å²) in [6.45, 7) is 4.82. The molecule has 2 atom stereocenters. The number of halogens is 1. The van der Waals surface area contributed by atoms with Crippen LogP contribution in [0.5, 0.6) is 5.75 Å². The molecule has 210 valence electrons. The Morgan fingerprint density at radius 3 is 2.67 bits per heavy atom. The van der Waals surface area contributed by atoms with Gasteiger partial charge in [0.1, 0.15) is 12.3 Å². The summed E-state index contributed by atoms with van der Waals surface area (Å²) in [5.74, 6) is 0.633. The normalized spacial score (nSPS) is 20.0. The van der Waals surface area contributed by atoms with Crippen molar-refractivity contribution in [2.24, 2.45) is 0 Å². The Hall–Kier alpha value is -2.45. The third-order valence-electron chi connectivity index (χ3n) is 7.44. The number of hydrogen-bond acceptors (Lipinski definition) is 5. The Balaban J connectivity index is 1.37. The van der Waals surface area contributed by atoms with E-state index in [2.05, 4.69) is 57.3 Å². The standard InChI is InChI=1S/C31H40BrN3O3S/c1-3-4-18-34(24-11-6-5-7-12-24)19-10-17-33-30(36)22-35-26-13-8-9-14-28(26)39-29(31(35)37)21-23-15-16-27(38-2)25(32)20-23/h5-7,11-12,15-16,20-21,26,28H,3-4,8-10,13-14,17-19,22H2,1-2H3,(H,33,36)/b29-21+. The van der Waals surface area contributed by atoms with Crippen molar-refractivity contribution in [1.82, 2.24) is 10.2 Å². The smallest absolute Gasteiger partial charge is 0.261 e. The second-order valence-electron chi connectivity index (χ2n) is 10.2. The quantitative estimate of drug-likeness (QED) is 0.219. The first-order valence-electron chi connectivity index (χ1n) is 14.1. The Kier molecular flexibility index (Phi) is 11.2. The third kappa shape index (κ3) is 8.04. The highest BCUT2D eigenvalue weighted by Crippen LogP contribution is 2.42. The van der Waals surface area contributed by atoms with Crippen molar-refractivity contribution in [3.8, 4) is 5.75 Å². The summed E-state index contributed by atoms with van der Waals surface area (Å²) in [5, 5.41) is 3.42. The lowest BCUT2D eigenvalue weighted by Gasteiger charge is -2.43.